The molecule has 0 spiro atoms. The first-order valence-electron chi connectivity index (χ1n) is 10.2. The van der Waals surface area contributed by atoms with Crippen molar-refractivity contribution in [3.8, 4) is 11.5 Å². The number of morpholine rings is 1. The fourth-order valence-electron chi connectivity index (χ4n) is 3.84. The molecule has 8 heteroatoms. The molecule has 1 amide bonds. The van der Waals surface area contributed by atoms with Gasteiger partial charge in [0.2, 0.25) is 12.7 Å². The maximum atomic E-state index is 13.2. The summed E-state index contributed by atoms with van der Waals surface area (Å²) in [5, 5.41) is 4.42. The third-order valence-corrected chi connectivity index (χ3v) is 5.53. The molecular weight excluding hydrogens is 372 g/mol. The molecule has 0 saturated carbocycles. The number of aromatic nitrogens is 2. The zero-order valence-corrected chi connectivity index (χ0v) is 17.1. The van der Waals surface area contributed by atoms with Crippen molar-refractivity contribution in [1.82, 2.24) is 14.7 Å². The molecule has 1 aromatic heterocycles. The van der Waals surface area contributed by atoms with Crippen LogP contribution in [0.5, 0.6) is 11.5 Å². The van der Waals surface area contributed by atoms with Gasteiger partial charge in [-0.15, -0.1) is 0 Å². The fourth-order valence-corrected chi connectivity index (χ4v) is 3.84. The summed E-state index contributed by atoms with van der Waals surface area (Å²) in [5.74, 6) is 1.55. The number of quaternary nitrogens is 1. The topological polar surface area (TPSA) is 70.3 Å². The SMILES string of the molecule is Cc1cc(CN(CC[NH+]2CCOCC2)C(=O)Cc2ccc3c(c2)OCO3)n(C)n1. The van der Waals surface area contributed by atoms with E-state index in [4.69, 9.17) is 14.2 Å². The summed E-state index contributed by atoms with van der Waals surface area (Å²) in [7, 11) is 1.93. The van der Waals surface area contributed by atoms with Gasteiger partial charge in [0.25, 0.3) is 0 Å². The van der Waals surface area contributed by atoms with Crippen LogP contribution in [0.4, 0.5) is 0 Å². The summed E-state index contributed by atoms with van der Waals surface area (Å²) >= 11 is 0. The lowest BCUT2D eigenvalue weighted by Crippen LogP contribution is -3.14. The number of hydrogen-bond acceptors (Lipinski definition) is 5. The molecule has 3 heterocycles. The minimum absolute atomic E-state index is 0.107. The average molecular weight is 401 g/mol. The molecule has 2 aliphatic heterocycles. The molecule has 8 nitrogen and oxygen atoms in total. The van der Waals surface area contributed by atoms with Crippen molar-refractivity contribution in [2.24, 2.45) is 7.05 Å². The third kappa shape index (κ3) is 4.89. The van der Waals surface area contributed by atoms with Crippen LogP contribution >= 0.6 is 0 Å². The number of nitrogens with zero attached hydrogens (tertiary/aromatic N) is 3. The molecule has 156 valence electrons. The molecule has 0 unspecified atom stereocenters. The Labute approximate surface area is 170 Å². The Morgan fingerprint density at radius 1 is 1.21 bits per heavy atom. The van der Waals surface area contributed by atoms with Crippen LogP contribution in [0.1, 0.15) is 17.0 Å². The van der Waals surface area contributed by atoms with Crippen LogP contribution in [0.2, 0.25) is 0 Å². The Morgan fingerprint density at radius 3 is 2.76 bits per heavy atom. The van der Waals surface area contributed by atoms with E-state index in [9.17, 15) is 4.79 Å². The largest absolute Gasteiger partial charge is 0.454 e. The van der Waals surface area contributed by atoms with Gasteiger partial charge in [0.15, 0.2) is 11.5 Å². The van der Waals surface area contributed by atoms with Crippen LogP contribution < -0.4 is 14.4 Å². The Kier molecular flexibility index (Phi) is 6.01. The Morgan fingerprint density at radius 2 is 2.00 bits per heavy atom. The van der Waals surface area contributed by atoms with Crippen LogP contribution in [0.25, 0.3) is 0 Å². The zero-order valence-electron chi connectivity index (χ0n) is 17.1. The second-order valence-corrected chi connectivity index (χ2v) is 7.69. The van der Waals surface area contributed by atoms with E-state index in [0.29, 0.717) is 25.3 Å². The predicted molar refractivity (Wildman–Crippen MR) is 106 cm³/mol. The lowest BCUT2D eigenvalue weighted by molar-refractivity contribution is -0.907. The molecule has 0 radical (unpaired) electrons. The van der Waals surface area contributed by atoms with Gasteiger partial charge in [-0.25, -0.2) is 0 Å². The monoisotopic (exact) mass is 401 g/mol. The minimum Gasteiger partial charge on any atom is -0.454 e. The quantitative estimate of drug-likeness (QED) is 0.704. The highest BCUT2D eigenvalue weighted by Gasteiger charge is 2.22. The molecule has 0 aliphatic carbocycles. The predicted octanol–water partition coefficient (Wildman–Crippen LogP) is -0.0564. The van der Waals surface area contributed by atoms with Gasteiger partial charge in [-0.3, -0.25) is 9.48 Å². The van der Waals surface area contributed by atoms with Crippen molar-refractivity contribution in [2.75, 3.05) is 46.2 Å². The molecule has 1 aromatic carbocycles. The van der Waals surface area contributed by atoms with Crippen molar-refractivity contribution in [1.29, 1.82) is 0 Å². The molecule has 1 N–H and O–H groups in total. The van der Waals surface area contributed by atoms with Gasteiger partial charge in [0.05, 0.1) is 50.7 Å². The molecule has 1 saturated heterocycles. The maximum Gasteiger partial charge on any atom is 0.231 e. The first-order valence-corrected chi connectivity index (χ1v) is 10.2. The number of amides is 1. The Balaban J connectivity index is 1.45. The van der Waals surface area contributed by atoms with Gasteiger partial charge < -0.3 is 24.0 Å². The van der Waals surface area contributed by atoms with Gasteiger partial charge in [-0.2, -0.15) is 5.10 Å². The van der Waals surface area contributed by atoms with Crippen LogP contribution in [-0.4, -0.2) is 66.8 Å². The van der Waals surface area contributed by atoms with Crippen molar-refractivity contribution in [3.63, 3.8) is 0 Å². The van der Waals surface area contributed by atoms with Gasteiger partial charge in [-0.1, -0.05) is 6.07 Å². The number of hydrogen-bond donors (Lipinski definition) is 1. The van der Waals surface area contributed by atoms with Crippen LogP contribution in [0.15, 0.2) is 24.3 Å². The van der Waals surface area contributed by atoms with Crippen molar-refractivity contribution in [3.05, 3.63) is 41.2 Å². The van der Waals surface area contributed by atoms with E-state index in [1.165, 1.54) is 4.90 Å². The van der Waals surface area contributed by atoms with E-state index in [0.717, 1.165) is 55.5 Å². The number of rotatable bonds is 7. The maximum absolute atomic E-state index is 13.2. The molecule has 0 atom stereocenters. The lowest BCUT2D eigenvalue weighted by Gasteiger charge is -2.28. The number of carbonyl (C=O) groups excluding carboxylic acids is 1. The normalized spacial score (nSPS) is 16.2. The van der Waals surface area contributed by atoms with E-state index in [-0.39, 0.29) is 12.7 Å². The average Bonchev–Trinajstić information content (AvgIpc) is 3.30. The molecule has 1 fully saturated rings. The minimum atomic E-state index is 0.107. The number of ether oxygens (including phenoxy) is 3. The Hall–Kier alpha value is -2.58. The molecule has 2 aromatic rings. The summed E-state index contributed by atoms with van der Waals surface area (Å²) in [4.78, 5) is 16.6. The van der Waals surface area contributed by atoms with Crippen molar-refractivity contribution < 1.29 is 23.9 Å². The van der Waals surface area contributed by atoms with Gasteiger partial charge in [0, 0.05) is 7.05 Å². The summed E-state index contributed by atoms with van der Waals surface area (Å²) < 4.78 is 18.1. The van der Waals surface area contributed by atoms with E-state index in [2.05, 4.69) is 5.10 Å². The summed E-state index contributed by atoms with van der Waals surface area (Å²) in [6, 6.07) is 7.75. The number of aryl methyl sites for hydroxylation is 2. The van der Waals surface area contributed by atoms with E-state index in [1.54, 1.807) is 0 Å². The van der Waals surface area contributed by atoms with Crippen LogP contribution in [0.3, 0.4) is 0 Å². The third-order valence-electron chi connectivity index (χ3n) is 5.53. The summed E-state index contributed by atoms with van der Waals surface area (Å²) in [6.07, 6.45) is 0.339. The number of benzene rings is 1. The number of nitrogens with one attached hydrogen (secondary N) is 1. The van der Waals surface area contributed by atoms with E-state index in [1.807, 2.05) is 47.8 Å². The van der Waals surface area contributed by atoms with Gasteiger partial charge >= 0.3 is 0 Å². The zero-order chi connectivity index (χ0) is 20.2. The molecule has 29 heavy (non-hydrogen) atoms. The molecular formula is C21H29N4O4+. The molecule has 2 aliphatic rings. The van der Waals surface area contributed by atoms with Gasteiger partial charge in [0.1, 0.15) is 13.1 Å². The number of carbonyl (C=O) groups is 1. The van der Waals surface area contributed by atoms with Crippen molar-refractivity contribution in [2.45, 2.75) is 19.9 Å². The second kappa shape index (κ2) is 8.84. The first kappa shape index (κ1) is 19.7. The molecule has 0 bridgehead atoms. The van der Waals surface area contributed by atoms with Crippen LogP contribution in [-0.2, 0) is 29.5 Å². The van der Waals surface area contributed by atoms with E-state index >= 15 is 0 Å². The first-order chi connectivity index (χ1) is 14.1. The summed E-state index contributed by atoms with van der Waals surface area (Å²) in [5.41, 5.74) is 2.94. The smallest absolute Gasteiger partial charge is 0.231 e. The lowest BCUT2D eigenvalue weighted by atomic mass is 10.1. The van der Waals surface area contributed by atoms with E-state index < -0.39 is 0 Å². The highest BCUT2D eigenvalue weighted by atomic mass is 16.7. The number of fused-ring (bicyclic) bond motifs is 1. The fraction of sp³-hybridized carbons (Fsp3) is 0.524. The van der Waals surface area contributed by atoms with Gasteiger partial charge in [-0.05, 0) is 30.7 Å². The second-order valence-electron chi connectivity index (χ2n) is 7.69. The standard InChI is InChI=1S/C21H28N4O4/c1-16-11-18(23(2)22-16)14-25(6-5-24-7-9-27-10-8-24)21(26)13-17-3-4-19-20(12-17)29-15-28-19/h3-4,11-12H,5-10,13-15H2,1-2H3/p+1. The Bertz CT molecular complexity index is 860. The van der Waals surface area contributed by atoms with Crippen LogP contribution in [0, 0.1) is 6.92 Å². The highest BCUT2D eigenvalue weighted by Crippen LogP contribution is 2.32. The molecule has 4 rings (SSSR count). The highest BCUT2D eigenvalue weighted by molar-refractivity contribution is 5.79. The van der Waals surface area contributed by atoms with Crippen molar-refractivity contribution >= 4 is 5.91 Å². The summed E-state index contributed by atoms with van der Waals surface area (Å²) in [6.45, 7) is 7.98.